The van der Waals surface area contributed by atoms with E-state index in [1.165, 1.54) is 13.8 Å². The number of carbonyl (C=O) groups is 1. The van der Waals surface area contributed by atoms with Crippen molar-refractivity contribution in [2.75, 3.05) is 6.54 Å². The van der Waals surface area contributed by atoms with Gasteiger partial charge in [0.2, 0.25) is 5.91 Å². The Kier molecular flexibility index (Phi) is 5.08. The van der Waals surface area contributed by atoms with Gasteiger partial charge in [-0.1, -0.05) is 0 Å². The fourth-order valence-electron chi connectivity index (χ4n) is 2.45. The summed E-state index contributed by atoms with van der Waals surface area (Å²) in [6, 6.07) is 3.36. The van der Waals surface area contributed by atoms with E-state index in [0.717, 1.165) is 0 Å². The third kappa shape index (κ3) is 3.81. The second kappa shape index (κ2) is 6.72. The maximum absolute atomic E-state index is 12.8. The second-order valence-corrected chi connectivity index (χ2v) is 6.01. The molecule has 0 aliphatic rings. The topological polar surface area (TPSA) is 80.3 Å². The summed E-state index contributed by atoms with van der Waals surface area (Å²) in [5, 5.41) is 16.7. The Bertz CT molecular complexity index is 735. The number of alkyl halides is 2. The fraction of sp³-hybridized carbons (Fsp3) is 0.500. The number of hydrogen-bond donors (Lipinski definition) is 2. The van der Waals surface area contributed by atoms with Crippen LogP contribution in [0.1, 0.15) is 41.9 Å². The second-order valence-electron chi connectivity index (χ2n) is 6.01. The molecular formula is C16H21F2N3O3. The summed E-state index contributed by atoms with van der Waals surface area (Å²) in [6.45, 7) is 3.55. The molecule has 24 heavy (non-hydrogen) atoms. The molecule has 6 nitrogen and oxygen atoms in total. The Morgan fingerprint density at radius 2 is 2.08 bits per heavy atom. The summed E-state index contributed by atoms with van der Waals surface area (Å²) >= 11 is 0. The molecule has 132 valence electrons. The van der Waals surface area contributed by atoms with Gasteiger partial charge in [-0.2, -0.15) is 13.9 Å². The van der Waals surface area contributed by atoms with Crippen LogP contribution in [0.25, 0.3) is 0 Å². The lowest BCUT2D eigenvalue weighted by Gasteiger charge is -2.21. The van der Waals surface area contributed by atoms with Gasteiger partial charge in [0.15, 0.2) is 0 Å². The van der Waals surface area contributed by atoms with Gasteiger partial charge in [0, 0.05) is 11.3 Å². The van der Waals surface area contributed by atoms with Gasteiger partial charge < -0.3 is 14.8 Å². The molecule has 0 radical (unpaired) electrons. The van der Waals surface area contributed by atoms with Crippen LogP contribution in [-0.2, 0) is 16.8 Å². The molecule has 1 unspecified atom stereocenters. The number of nitrogens with zero attached hydrogens (tertiary/aromatic N) is 2. The zero-order valence-corrected chi connectivity index (χ0v) is 14.1. The Labute approximate surface area is 138 Å². The van der Waals surface area contributed by atoms with Crippen molar-refractivity contribution in [2.45, 2.75) is 46.3 Å². The summed E-state index contributed by atoms with van der Waals surface area (Å²) < 4.78 is 31.6. The van der Waals surface area contributed by atoms with Crippen molar-refractivity contribution in [3.05, 3.63) is 40.6 Å². The number of carbonyl (C=O) groups excluding carboxylic acids is 1. The van der Waals surface area contributed by atoms with E-state index in [1.807, 2.05) is 0 Å². The molecule has 0 aliphatic carbocycles. The summed E-state index contributed by atoms with van der Waals surface area (Å²) in [5.74, 6) is 0.610. The molecule has 2 aromatic rings. The molecule has 2 rings (SSSR count). The number of hydrogen-bond acceptors (Lipinski definition) is 4. The fourth-order valence-corrected chi connectivity index (χ4v) is 2.45. The summed E-state index contributed by atoms with van der Waals surface area (Å²) in [6.07, 6.45) is -0.0857. The number of aryl methyl sites for hydroxylation is 2. The average Bonchev–Trinajstić information content (AvgIpc) is 3.04. The van der Waals surface area contributed by atoms with Crippen molar-refractivity contribution < 1.29 is 23.1 Å². The van der Waals surface area contributed by atoms with Crippen LogP contribution in [0.2, 0.25) is 0 Å². The first-order valence-corrected chi connectivity index (χ1v) is 7.50. The quantitative estimate of drug-likeness (QED) is 0.845. The summed E-state index contributed by atoms with van der Waals surface area (Å²) in [7, 11) is 0. The van der Waals surface area contributed by atoms with E-state index in [0.29, 0.717) is 27.5 Å². The van der Waals surface area contributed by atoms with E-state index in [2.05, 4.69) is 10.4 Å². The van der Waals surface area contributed by atoms with Crippen molar-refractivity contribution in [1.29, 1.82) is 0 Å². The largest absolute Gasteiger partial charge is 0.463 e. The van der Waals surface area contributed by atoms with Crippen molar-refractivity contribution in [1.82, 2.24) is 15.1 Å². The van der Waals surface area contributed by atoms with Crippen molar-refractivity contribution >= 4 is 5.91 Å². The maximum atomic E-state index is 12.8. The first-order valence-electron chi connectivity index (χ1n) is 7.50. The highest BCUT2D eigenvalue weighted by Crippen LogP contribution is 2.22. The number of aliphatic hydroxyl groups is 1. The van der Waals surface area contributed by atoms with Crippen LogP contribution in [0.3, 0.4) is 0 Å². The van der Waals surface area contributed by atoms with Gasteiger partial charge in [0.1, 0.15) is 17.1 Å². The average molecular weight is 341 g/mol. The lowest BCUT2D eigenvalue weighted by Crippen LogP contribution is -2.39. The highest BCUT2D eigenvalue weighted by Gasteiger charge is 2.28. The first kappa shape index (κ1) is 18.1. The lowest BCUT2D eigenvalue weighted by molar-refractivity contribution is -0.121. The number of rotatable bonds is 6. The molecule has 0 saturated carbocycles. The van der Waals surface area contributed by atoms with Crippen LogP contribution in [0.4, 0.5) is 8.78 Å². The molecule has 0 aliphatic heterocycles. The Balaban J connectivity index is 2.01. The highest BCUT2D eigenvalue weighted by molar-refractivity contribution is 5.79. The van der Waals surface area contributed by atoms with Crippen LogP contribution in [-0.4, -0.2) is 27.3 Å². The van der Waals surface area contributed by atoms with Crippen LogP contribution in [0.5, 0.6) is 0 Å². The number of furan rings is 1. The van der Waals surface area contributed by atoms with Crippen LogP contribution < -0.4 is 5.32 Å². The van der Waals surface area contributed by atoms with Crippen molar-refractivity contribution in [3.8, 4) is 0 Å². The third-order valence-corrected chi connectivity index (χ3v) is 3.90. The van der Waals surface area contributed by atoms with Crippen molar-refractivity contribution in [2.24, 2.45) is 0 Å². The van der Waals surface area contributed by atoms with Gasteiger partial charge in [-0.3, -0.25) is 4.79 Å². The van der Waals surface area contributed by atoms with Gasteiger partial charge >= 0.3 is 6.55 Å². The Morgan fingerprint density at radius 3 is 2.58 bits per heavy atom. The predicted octanol–water partition coefficient (Wildman–Crippen LogP) is 2.36. The van der Waals surface area contributed by atoms with E-state index in [4.69, 9.17) is 4.42 Å². The van der Waals surface area contributed by atoms with E-state index >= 15 is 0 Å². The normalized spacial score (nSPS) is 14.0. The number of halogens is 2. The number of aromatic nitrogens is 2. The van der Waals surface area contributed by atoms with E-state index < -0.39 is 18.1 Å². The predicted molar refractivity (Wildman–Crippen MR) is 82.7 cm³/mol. The van der Waals surface area contributed by atoms with Gasteiger partial charge in [0.05, 0.1) is 18.7 Å². The molecular weight excluding hydrogens is 320 g/mol. The molecule has 0 aromatic carbocycles. The Morgan fingerprint density at radius 1 is 1.42 bits per heavy atom. The smallest absolute Gasteiger partial charge is 0.333 e. The molecule has 2 N–H and O–H groups in total. The SMILES string of the molecule is Cc1ccc(C(C)(O)CNC(=O)Cc2c(C)nn(C(F)F)c2C)o1. The minimum absolute atomic E-state index is 0.0557. The summed E-state index contributed by atoms with van der Waals surface area (Å²) in [5.41, 5.74) is -0.259. The molecule has 2 aromatic heterocycles. The summed E-state index contributed by atoms with van der Waals surface area (Å²) in [4.78, 5) is 12.1. The zero-order chi connectivity index (χ0) is 18.1. The molecule has 1 atom stereocenters. The van der Waals surface area contributed by atoms with Crippen molar-refractivity contribution in [3.63, 3.8) is 0 Å². The van der Waals surface area contributed by atoms with E-state index in [1.54, 1.807) is 26.0 Å². The molecule has 2 heterocycles. The lowest BCUT2D eigenvalue weighted by atomic mass is 10.0. The van der Waals surface area contributed by atoms with Gasteiger partial charge in [-0.25, -0.2) is 4.68 Å². The minimum Gasteiger partial charge on any atom is -0.463 e. The molecule has 1 amide bonds. The molecule has 8 heteroatoms. The molecule has 0 bridgehead atoms. The number of nitrogens with one attached hydrogen (secondary N) is 1. The highest BCUT2D eigenvalue weighted by atomic mass is 19.3. The zero-order valence-electron chi connectivity index (χ0n) is 14.1. The molecule has 0 fully saturated rings. The van der Waals surface area contributed by atoms with Crippen LogP contribution in [0, 0.1) is 20.8 Å². The Hall–Kier alpha value is -2.22. The van der Waals surface area contributed by atoms with Crippen LogP contribution >= 0.6 is 0 Å². The van der Waals surface area contributed by atoms with Gasteiger partial charge in [-0.05, 0) is 39.8 Å². The van der Waals surface area contributed by atoms with E-state index in [-0.39, 0.29) is 18.7 Å². The monoisotopic (exact) mass is 341 g/mol. The van der Waals surface area contributed by atoms with Gasteiger partial charge in [0.25, 0.3) is 0 Å². The molecule has 0 saturated heterocycles. The van der Waals surface area contributed by atoms with Crippen LogP contribution in [0.15, 0.2) is 16.5 Å². The first-order chi connectivity index (χ1) is 11.1. The standard InChI is InChI=1S/C16H21F2N3O3/c1-9-5-6-13(24-9)16(4,23)8-19-14(22)7-12-10(2)20-21(11(12)3)15(17)18/h5-6,15,23H,7-8H2,1-4H3,(H,19,22). The number of amides is 1. The molecule has 0 spiro atoms. The minimum atomic E-state index is -2.75. The maximum Gasteiger partial charge on any atom is 0.333 e. The van der Waals surface area contributed by atoms with Gasteiger partial charge in [-0.15, -0.1) is 0 Å². The van der Waals surface area contributed by atoms with E-state index in [9.17, 15) is 18.7 Å². The third-order valence-electron chi connectivity index (χ3n) is 3.90.